The minimum atomic E-state index is 0.684. The van der Waals surface area contributed by atoms with Gasteiger partial charge in [0.25, 0.3) is 0 Å². The Balaban J connectivity index is 2.38. The van der Waals surface area contributed by atoms with Crippen LogP contribution in [0.3, 0.4) is 0 Å². The molecule has 4 nitrogen and oxygen atoms in total. The molecule has 1 unspecified atom stereocenters. The van der Waals surface area contributed by atoms with Crippen LogP contribution in [0.2, 0.25) is 0 Å². The van der Waals surface area contributed by atoms with E-state index in [4.69, 9.17) is 0 Å². The Morgan fingerprint density at radius 3 is 2.93 bits per heavy atom. The van der Waals surface area contributed by atoms with Crippen LogP contribution in [-0.4, -0.2) is 21.3 Å². The van der Waals surface area contributed by atoms with Crippen molar-refractivity contribution in [3.63, 3.8) is 0 Å². The minimum absolute atomic E-state index is 0.684. The lowest BCUT2D eigenvalue weighted by Gasteiger charge is -2.08. The van der Waals surface area contributed by atoms with E-state index in [1.54, 1.807) is 0 Å². The monoisotopic (exact) mass is 210 g/mol. The Kier molecular flexibility index (Phi) is 5.32. The first-order valence-electron chi connectivity index (χ1n) is 5.85. The summed E-state index contributed by atoms with van der Waals surface area (Å²) >= 11 is 0. The van der Waals surface area contributed by atoms with E-state index in [0.717, 1.165) is 25.5 Å². The minimum Gasteiger partial charge on any atom is -0.310 e. The molecule has 0 spiro atoms. The summed E-state index contributed by atoms with van der Waals surface area (Å²) in [4.78, 5) is 4.26. The largest absolute Gasteiger partial charge is 0.310 e. The van der Waals surface area contributed by atoms with E-state index in [2.05, 4.69) is 36.2 Å². The zero-order valence-electron chi connectivity index (χ0n) is 10.0. The second-order valence-corrected chi connectivity index (χ2v) is 4.06. The van der Waals surface area contributed by atoms with Crippen LogP contribution >= 0.6 is 0 Å². The predicted octanol–water partition coefficient (Wildman–Crippen LogP) is 1.82. The van der Waals surface area contributed by atoms with E-state index in [-0.39, 0.29) is 0 Å². The molecule has 4 heteroatoms. The second-order valence-electron chi connectivity index (χ2n) is 4.06. The third kappa shape index (κ3) is 4.42. The van der Waals surface area contributed by atoms with Crippen LogP contribution in [0.25, 0.3) is 0 Å². The molecule has 0 fully saturated rings. The molecule has 86 valence electrons. The number of hydrogen-bond donors (Lipinski definition) is 1. The van der Waals surface area contributed by atoms with Crippen molar-refractivity contribution in [2.45, 2.75) is 46.7 Å². The summed E-state index contributed by atoms with van der Waals surface area (Å²) in [5.74, 6) is 1.57. The highest BCUT2D eigenvalue weighted by Crippen LogP contribution is 2.07. The van der Waals surface area contributed by atoms with Crippen LogP contribution in [0.4, 0.5) is 0 Å². The van der Waals surface area contributed by atoms with E-state index in [0.29, 0.717) is 5.92 Å². The Hall–Kier alpha value is -0.900. The van der Waals surface area contributed by atoms with Gasteiger partial charge in [0.1, 0.15) is 6.33 Å². The zero-order chi connectivity index (χ0) is 11.1. The molecule has 0 aliphatic carbocycles. The molecule has 1 aromatic rings. The SMILES string of the molecule is CCCC(C)Cn1cnc(CNCC)n1. The Bertz CT molecular complexity index is 269. The maximum Gasteiger partial charge on any atom is 0.164 e. The first-order chi connectivity index (χ1) is 7.26. The van der Waals surface area contributed by atoms with Gasteiger partial charge in [-0.05, 0) is 18.9 Å². The molecule has 0 radical (unpaired) electrons. The summed E-state index contributed by atoms with van der Waals surface area (Å²) in [5, 5.41) is 7.63. The van der Waals surface area contributed by atoms with Gasteiger partial charge in [-0.2, -0.15) is 5.10 Å². The van der Waals surface area contributed by atoms with Crippen molar-refractivity contribution in [1.29, 1.82) is 0 Å². The standard InChI is InChI=1S/C11H22N4/c1-4-6-10(3)8-15-9-13-11(14-15)7-12-5-2/h9-10,12H,4-8H2,1-3H3. The average molecular weight is 210 g/mol. The van der Waals surface area contributed by atoms with Crippen LogP contribution in [0.15, 0.2) is 6.33 Å². The van der Waals surface area contributed by atoms with E-state index in [1.807, 2.05) is 11.0 Å². The van der Waals surface area contributed by atoms with Crippen molar-refractivity contribution in [3.05, 3.63) is 12.2 Å². The maximum atomic E-state index is 4.41. The normalized spacial score (nSPS) is 13.0. The van der Waals surface area contributed by atoms with Gasteiger partial charge in [-0.25, -0.2) is 4.98 Å². The fourth-order valence-electron chi connectivity index (χ4n) is 1.64. The molecule has 0 amide bonds. The molecule has 0 aliphatic heterocycles. The molecule has 15 heavy (non-hydrogen) atoms. The summed E-state index contributed by atoms with van der Waals surface area (Å²) in [6.07, 6.45) is 4.32. The van der Waals surface area contributed by atoms with Gasteiger partial charge in [-0.15, -0.1) is 0 Å². The van der Waals surface area contributed by atoms with E-state index < -0.39 is 0 Å². The van der Waals surface area contributed by atoms with Crippen molar-refractivity contribution in [2.75, 3.05) is 6.54 Å². The third-order valence-corrected chi connectivity index (χ3v) is 2.40. The van der Waals surface area contributed by atoms with E-state index in [1.165, 1.54) is 12.8 Å². The van der Waals surface area contributed by atoms with Gasteiger partial charge < -0.3 is 5.32 Å². The van der Waals surface area contributed by atoms with E-state index >= 15 is 0 Å². The van der Waals surface area contributed by atoms with Crippen molar-refractivity contribution < 1.29 is 0 Å². The van der Waals surface area contributed by atoms with Crippen molar-refractivity contribution in [2.24, 2.45) is 5.92 Å². The summed E-state index contributed by atoms with van der Waals surface area (Å²) in [6.45, 7) is 9.27. The molecule has 0 saturated carbocycles. The molecule has 1 atom stereocenters. The summed E-state index contributed by atoms with van der Waals surface area (Å²) in [5.41, 5.74) is 0. The van der Waals surface area contributed by atoms with Gasteiger partial charge in [-0.3, -0.25) is 4.68 Å². The number of aromatic nitrogens is 3. The average Bonchev–Trinajstić information content (AvgIpc) is 2.63. The Morgan fingerprint density at radius 1 is 1.47 bits per heavy atom. The highest BCUT2D eigenvalue weighted by molar-refractivity contribution is 4.80. The van der Waals surface area contributed by atoms with Gasteiger partial charge in [0.15, 0.2) is 5.82 Å². The van der Waals surface area contributed by atoms with Crippen LogP contribution in [0.1, 0.15) is 39.4 Å². The Morgan fingerprint density at radius 2 is 2.27 bits per heavy atom. The Labute approximate surface area is 92.1 Å². The van der Waals surface area contributed by atoms with Crippen LogP contribution < -0.4 is 5.32 Å². The summed E-state index contributed by atoms with van der Waals surface area (Å²) in [6, 6.07) is 0. The van der Waals surface area contributed by atoms with Crippen LogP contribution in [0, 0.1) is 5.92 Å². The number of rotatable bonds is 7. The first-order valence-corrected chi connectivity index (χ1v) is 5.85. The molecule has 0 bridgehead atoms. The number of hydrogen-bond acceptors (Lipinski definition) is 3. The van der Waals surface area contributed by atoms with Gasteiger partial charge in [-0.1, -0.05) is 27.2 Å². The zero-order valence-corrected chi connectivity index (χ0v) is 10.0. The molecule has 1 rings (SSSR count). The molecule has 0 aliphatic rings. The quantitative estimate of drug-likeness (QED) is 0.746. The highest BCUT2D eigenvalue weighted by atomic mass is 15.3. The fraction of sp³-hybridized carbons (Fsp3) is 0.818. The molecule has 0 aromatic carbocycles. The van der Waals surface area contributed by atoms with Crippen molar-refractivity contribution in [1.82, 2.24) is 20.1 Å². The van der Waals surface area contributed by atoms with E-state index in [9.17, 15) is 0 Å². The van der Waals surface area contributed by atoms with Crippen LogP contribution in [0.5, 0.6) is 0 Å². The molecule has 1 heterocycles. The lowest BCUT2D eigenvalue weighted by molar-refractivity contribution is 0.417. The third-order valence-electron chi connectivity index (χ3n) is 2.40. The molecular weight excluding hydrogens is 188 g/mol. The van der Waals surface area contributed by atoms with Gasteiger partial charge in [0, 0.05) is 6.54 Å². The lowest BCUT2D eigenvalue weighted by atomic mass is 10.1. The maximum absolute atomic E-state index is 4.41. The van der Waals surface area contributed by atoms with Crippen LogP contribution in [-0.2, 0) is 13.1 Å². The van der Waals surface area contributed by atoms with Gasteiger partial charge in [0.2, 0.25) is 0 Å². The lowest BCUT2D eigenvalue weighted by Crippen LogP contribution is -2.14. The van der Waals surface area contributed by atoms with Gasteiger partial charge >= 0.3 is 0 Å². The topological polar surface area (TPSA) is 42.7 Å². The molecule has 1 aromatic heterocycles. The first kappa shape index (κ1) is 12.2. The number of nitrogens with one attached hydrogen (secondary N) is 1. The summed E-state index contributed by atoms with van der Waals surface area (Å²) in [7, 11) is 0. The second kappa shape index (κ2) is 6.56. The smallest absolute Gasteiger partial charge is 0.164 e. The van der Waals surface area contributed by atoms with Crippen molar-refractivity contribution >= 4 is 0 Å². The fourth-order valence-corrected chi connectivity index (χ4v) is 1.64. The molecule has 0 saturated heterocycles. The van der Waals surface area contributed by atoms with Crippen molar-refractivity contribution in [3.8, 4) is 0 Å². The number of nitrogens with zero attached hydrogens (tertiary/aromatic N) is 3. The highest BCUT2D eigenvalue weighted by Gasteiger charge is 2.04. The van der Waals surface area contributed by atoms with Gasteiger partial charge in [0.05, 0.1) is 6.54 Å². The predicted molar refractivity (Wildman–Crippen MR) is 61.5 cm³/mol. The molecule has 1 N–H and O–H groups in total. The summed E-state index contributed by atoms with van der Waals surface area (Å²) < 4.78 is 1.95. The molecular formula is C11H22N4.